The van der Waals surface area contributed by atoms with Gasteiger partial charge in [0.1, 0.15) is 0 Å². The molecule has 0 saturated carbocycles. The average Bonchev–Trinajstić information content (AvgIpc) is 2.16. The van der Waals surface area contributed by atoms with Gasteiger partial charge in [0.05, 0.1) is 25.4 Å². The average molecular weight is 203 g/mol. The van der Waals surface area contributed by atoms with Gasteiger partial charge in [0.25, 0.3) is 0 Å². The molecule has 1 rings (SSSR count). The van der Waals surface area contributed by atoms with Crippen LogP contribution in [0.15, 0.2) is 0 Å². The SMILES string of the molecule is CCOCC(C)(O)CC1COCCN1. The van der Waals surface area contributed by atoms with Crippen LogP contribution < -0.4 is 5.32 Å². The summed E-state index contributed by atoms with van der Waals surface area (Å²) in [4.78, 5) is 0. The van der Waals surface area contributed by atoms with Gasteiger partial charge in [0.2, 0.25) is 0 Å². The molecule has 0 radical (unpaired) electrons. The van der Waals surface area contributed by atoms with Crippen molar-refractivity contribution in [2.45, 2.75) is 31.9 Å². The van der Waals surface area contributed by atoms with Crippen LogP contribution in [0.2, 0.25) is 0 Å². The molecule has 0 bridgehead atoms. The molecular formula is C10H21NO3. The van der Waals surface area contributed by atoms with E-state index in [4.69, 9.17) is 9.47 Å². The zero-order chi connectivity index (χ0) is 10.4. The Morgan fingerprint density at radius 3 is 3.00 bits per heavy atom. The summed E-state index contributed by atoms with van der Waals surface area (Å²) < 4.78 is 10.5. The second kappa shape index (κ2) is 5.66. The molecule has 1 heterocycles. The molecule has 0 aromatic heterocycles. The second-order valence-electron chi connectivity index (χ2n) is 4.06. The van der Waals surface area contributed by atoms with Gasteiger partial charge in [0, 0.05) is 19.2 Å². The molecule has 1 fully saturated rings. The van der Waals surface area contributed by atoms with Gasteiger partial charge in [-0.3, -0.25) is 0 Å². The monoisotopic (exact) mass is 203 g/mol. The summed E-state index contributed by atoms with van der Waals surface area (Å²) in [5.74, 6) is 0. The lowest BCUT2D eigenvalue weighted by atomic mass is 9.98. The van der Waals surface area contributed by atoms with E-state index in [2.05, 4.69) is 5.32 Å². The molecule has 4 heteroatoms. The lowest BCUT2D eigenvalue weighted by Crippen LogP contribution is -2.47. The molecule has 0 spiro atoms. The summed E-state index contributed by atoms with van der Waals surface area (Å²) in [6.45, 7) is 7.09. The Balaban J connectivity index is 2.25. The Bertz CT molecular complexity index is 155. The molecule has 2 N–H and O–H groups in total. The minimum Gasteiger partial charge on any atom is -0.388 e. The van der Waals surface area contributed by atoms with E-state index in [1.807, 2.05) is 6.92 Å². The zero-order valence-corrected chi connectivity index (χ0v) is 9.08. The lowest BCUT2D eigenvalue weighted by Gasteiger charge is -2.31. The van der Waals surface area contributed by atoms with E-state index in [-0.39, 0.29) is 6.04 Å². The molecule has 84 valence electrons. The Labute approximate surface area is 85.6 Å². The summed E-state index contributed by atoms with van der Waals surface area (Å²) in [7, 11) is 0. The van der Waals surface area contributed by atoms with Crippen LogP contribution in [0.25, 0.3) is 0 Å². The van der Waals surface area contributed by atoms with Gasteiger partial charge in [-0.1, -0.05) is 0 Å². The van der Waals surface area contributed by atoms with Crippen LogP contribution in [0, 0.1) is 0 Å². The normalized spacial score (nSPS) is 27.2. The van der Waals surface area contributed by atoms with Crippen LogP contribution in [0.1, 0.15) is 20.3 Å². The maximum Gasteiger partial charge on any atom is 0.0867 e. The topological polar surface area (TPSA) is 50.7 Å². The molecule has 0 aromatic carbocycles. The first-order chi connectivity index (χ1) is 6.64. The predicted octanol–water partition coefficient (Wildman–Crippen LogP) is 0.152. The van der Waals surface area contributed by atoms with Crippen LogP contribution in [0.5, 0.6) is 0 Å². The second-order valence-corrected chi connectivity index (χ2v) is 4.06. The number of rotatable bonds is 5. The van der Waals surface area contributed by atoms with Crippen LogP contribution >= 0.6 is 0 Å². The third-order valence-electron chi connectivity index (χ3n) is 2.30. The van der Waals surface area contributed by atoms with Crippen LogP contribution in [0.3, 0.4) is 0 Å². The van der Waals surface area contributed by atoms with Gasteiger partial charge in [-0.15, -0.1) is 0 Å². The number of morpholine rings is 1. The van der Waals surface area contributed by atoms with E-state index in [1.54, 1.807) is 6.92 Å². The van der Waals surface area contributed by atoms with Gasteiger partial charge in [0.15, 0.2) is 0 Å². The molecule has 1 aliphatic rings. The summed E-state index contributed by atoms with van der Waals surface area (Å²) in [5.41, 5.74) is -0.756. The van der Waals surface area contributed by atoms with Crippen LogP contribution in [-0.4, -0.2) is 49.7 Å². The van der Waals surface area contributed by atoms with Gasteiger partial charge in [-0.25, -0.2) is 0 Å². The zero-order valence-electron chi connectivity index (χ0n) is 9.08. The number of hydrogen-bond acceptors (Lipinski definition) is 4. The minimum absolute atomic E-state index is 0.249. The molecular weight excluding hydrogens is 182 g/mol. The van der Waals surface area contributed by atoms with Crippen LogP contribution in [0.4, 0.5) is 0 Å². The van der Waals surface area contributed by atoms with E-state index >= 15 is 0 Å². The quantitative estimate of drug-likeness (QED) is 0.668. The first-order valence-electron chi connectivity index (χ1n) is 5.25. The van der Waals surface area contributed by atoms with Gasteiger partial charge in [-0.05, 0) is 20.3 Å². The molecule has 1 saturated heterocycles. The number of aliphatic hydroxyl groups is 1. The maximum absolute atomic E-state index is 9.98. The number of hydrogen-bond donors (Lipinski definition) is 2. The molecule has 1 aliphatic heterocycles. The summed E-state index contributed by atoms with van der Waals surface area (Å²) >= 11 is 0. The summed E-state index contributed by atoms with van der Waals surface area (Å²) in [5, 5.41) is 13.3. The first-order valence-corrected chi connectivity index (χ1v) is 5.25. The first kappa shape index (κ1) is 11.9. The Morgan fingerprint density at radius 1 is 1.64 bits per heavy atom. The lowest BCUT2D eigenvalue weighted by molar-refractivity contribution is -0.0521. The van der Waals surface area contributed by atoms with Crippen molar-refractivity contribution < 1.29 is 14.6 Å². The molecule has 0 amide bonds. The van der Waals surface area contributed by atoms with Crippen molar-refractivity contribution in [1.82, 2.24) is 5.32 Å². The van der Waals surface area contributed by atoms with Crippen molar-refractivity contribution in [2.75, 3.05) is 33.0 Å². The highest BCUT2D eigenvalue weighted by Gasteiger charge is 2.26. The van der Waals surface area contributed by atoms with Crippen molar-refractivity contribution in [2.24, 2.45) is 0 Å². The third-order valence-corrected chi connectivity index (χ3v) is 2.30. The van der Waals surface area contributed by atoms with E-state index in [9.17, 15) is 5.11 Å². The van der Waals surface area contributed by atoms with Crippen molar-refractivity contribution in [3.63, 3.8) is 0 Å². The smallest absolute Gasteiger partial charge is 0.0867 e. The summed E-state index contributed by atoms with van der Waals surface area (Å²) in [6, 6.07) is 0.249. The van der Waals surface area contributed by atoms with E-state index in [0.29, 0.717) is 26.2 Å². The molecule has 4 nitrogen and oxygen atoms in total. The molecule has 14 heavy (non-hydrogen) atoms. The standard InChI is InChI=1S/C10H21NO3/c1-3-13-8-10(2,12)6-9-7-14-5-4-11-9/h9,11-12H,3-8H2,1-2H3. The molecule has 0 aliphatic carbocycles. The molecule has 2 unspecified atom stereocenters. The van der Waals surface area contributed by atoms with Crippen molar-refractivity contribution in [3.05, 3.63) is 0 Å². The highest BCUT2D eigenvalue weighted by molar-refractivity contribution is 4.81. The fourth-order valence-corrected chi connectivity index (χ4v) is 1.66. The molecule has 2 atom stereocenters. The number of nitrogens with one attached hydrogen (secondary N) is 1. The Hall–Kier alpha value is -0.160. The fraction of sp³-hybridized carbons (Fsp3) is 1.00. The van der Waals surface area contributed by atoms with E-state index < -0.39 is 5.60 Å². The van der Waals surface area contributed by atoms with Crippen molar-refractivity contribution in [1.29, 1.82) is 0 Å². The number of ether oxygens (including phenoxy) is 2. The minimum atomic E-state index is -0.756. The Kier molecular flexibility index (Phi) is 4.81. The van der Waals surface area contributed by atoms with Crippen molar-refractivity contribution >= 4 is 0 Å². The highest BCUT2D eigenvalue weighted by atomic mass is 16.5. The van der Waals surface area contributed by atoms with Crippen molar-refractivity contribution in [3.8, 4) is 0 Å². The van der Waals surface area contributed by atoms with E-state index in [0.717, 1.165) is 13.2 Å². The van der Waals surface area contributed by atoms with E-state index in [1.165, 1.54) is 0 Å². The Morgan fingerprint density at radius 2 is 2.43 bits per heavy atom. The van der Waals surface area contributed by atoms with Gasteiger partial charge >= 0.3 is 0 Å². The van der Waals surface area contributed by atoms with Crippen LogP contribution in [-0.2, 0) is 9.47 Å². The maximum atomic E-state index is 9.98. The highest BCUT2D eigenvalue weighted by Crippen LogP contribution is 2.14. The predicted molar refractivity (Wildman–Crippen MR) is 54.3 cm³/mol. The van der Waals surface area contributed by atoms with Gasteiger partial charge in [-0.2, -0.15) is 0 Å². The van der Waals surface area contributed by atoms with Gasteiger partial charge < -0.3 is 19.9 Å². The summed E-state index contributed by atoms with van der Waals surface area (Å²) in [6.07, 6.45) is 0.674. The third kappa shape index (κ3) is 4.37. The fourth-order valence-electron chi connectivity index (χ4n) is 1.66. The molecule has 0 aromatic rings. The largest absolute Gasteiger partial charge is 0.388 e.